The number of rotatable bonds is 4. The van der Waals surface area contributed by atoms with Gasteiger partial charge in [0, 0.05) is 24.8 Å². The minimum absolute atomic E-state index is 0.00118. The molecule has 2 saturated heterocycles. The number of sulfonamides is 1. The Morgan fingerprint density at radius 3 is 2.95 bits per heavy atom. The molecule has 7 nitrogen and oxygen atoms in total. The van der Waals surface area contributed by atoms with Crippen LogP contribution in [0.25, 0.3) is 0 Å². The predicted molar refractivity (Wildman–Crippen MR) is 80.3 cm³/mol. The van der Waals surface area contributed by atoms with Crippen LogP contribution in [0.15, 0.2) is 11.1 Å². The Labute approximate surface area is 125 Å². The maximum absolute atomic E-state index is 12.5. The lowest BCUT2D eigenvalue weighted by molar-refractivity contribution is 0.176. The van der Waals surface area contributed by atoms with Crippen LogP contribution < -0.4 is 10.5 Å². The molecule has 2 aliphatic rings. The van der Waals surface area contributed by atoms with Crippen LogP contribution in [0, 0.1) is 0 Å². The van der Waals surface area contributed by atoms with Crippen molar-refractivity contribution in [3.63, 3.8) is 0 Å². The van der Waals surface area contributed by atoms with Gasteiger partial charge in [0.15, 0.2) is 5.82 Å². The highest BCUT2D eigenvalue weighted by Gasteiger charge is 2.34. The van der Waals surface area contributed by atoms with Gasteiger partial charge in [-0.1, -0.05) is 0 Å². The van der Waals surface area contributed by atoms with Crippen LogP contribution in [0.5, 0.6) is 0 Å². The topological polar surface area (TPSA) is 93.2 Å². The van der Waals surface area contributed by atoms with E-state index in [9.17, 15) is 8.42 Å². The van der Waals surface area contributed by atoms with E-state index in [2.05, 4.69) is 14.7 Å². The number of hydrogen-bond acceptors (Lipinski definition) is 5. The summed E-state index contributed by atoms with van der Waals surface area (Å²) in [5.74, 6) is 0.0719. The first-order valence-corrected chi connectivity index (χ1v) is 9.07. The van der Waals surface area contributed by atoms with Crippen LogP contribution in [0.1, 0.15) is 32.6 Å². The number of nitrogens with zero attached hydrogens (tertiary/aromatic N) is 3. The molecule has 2 unspecified atom stereocenters. The lowest BCUT2D eigenvalue weighted by Crippen LogP contribution is -2.47. The normalized spacial score (nSPS) is 26.9. The summed E-state index contributed by atoms with van der Waals surface area (Å²) in [5.41, 5.74) is 5.73. The Morgan fingerprint density at radius 1 is 1.43 bits per heavy atom. The number of anilines is 1. The Kier molecular flexibility index (Phi) is 3.94. The van der Waals surface area contributed by atoms with E-state index in [4.69, 9.17) is 5.73 Å². The highest BCUT2D eigenvalue weighted by molar-refractivity contribution is 7.89. The molecule has 3 N–H and O–H groups in total. The summed E-state index contributed by atoms with van der Waals surface area (Å²) in [4.78, 5) is 2.56. The van der Waals surface area contributed by atoms with Crippen LogP contribution in [0.3, 0.4) is 0 Å². The summed E-state index contributed by atoms with van der Waals surface area (Å²) in [6.45, 7) is 4.62. The monoisotopic (exact) mass is 313 g/mol. The van der Waals surface area contributed by atoms with Gasteiger partial charge >= 0.3 is 0 Å². The number of nitrogens with two attached hydrogens (primary N) is 1. The molecule has 1 aromatic rings. The average Bonchev–Trinajstić information content (AvgIpc) is 3.04. The third-order valence-corrected chi connectivity index (χ3v) is 6.05. The molecule has 1 aromatic heterocycles. The summed E-state index contributed by atoms with van der Waals surface area (Å²) in [5, 5.41) is 4.01. The highest BCUT2D eigenvalue weighted by atomic mass is 32.2. The Balaban J connectivity index is 1.72. The Hall–Kier alpha value is -1.12. The molecule has 0 aromatic carbocycles. The number of nitrogen functional groups attached to an aromatic ring is 1. The fourth-order valence-electron chi connectivity index (χ4n) is 3.40. The molecule has 118 valence electrons. The van der Waals surface area contributed by atoms with E-state index in [-0.39, 0.29) is 16.8 Å². The van der Waals surface area contributed by atoms with Crippen LogP contribution in [0.2, 0.25) is 0 Å². The van der Waals surface area contributed by atoms with E-state index in [0.29, 0.717) is 12.6 Å². The molecule has 0 spiro atoms. The maximum Gasteiger partial charge on any atom is 0.246 e. The number of aromatic nitrogens is 2. The molecule has 0 bridgehead atoms. The van der Waals surface area contributed by atoms with Gasteiger partial charge in [0.2, 0.25) is 10.0 Å². The van der Waals surface area contributed by atoms with E-state index in [1.54, 1.807) is 4.68 Å². The van der Waals surface area contributed by atoms with Crippen molar-refractivity contribution in [1.29, 1.82) is 0 Å². The highest BCUT2D eigenvalue weighted by Crippen LogP contribution is 2.28. The standard InChI is InChI=1S/C13H23N5O2S/c1-2-18-9-12(13(14)15-18)21(19,20)16-10-5-7-17-6-3-4-11(17)8-10/h9-11,16H,2-8H2,1H3,(H2,14,15). The summed E-state index contributed by atoms with van der Waals surface area (Å²) >= 11 is 0. The van der Waals surface area contributed by atoms with Gasteiger partial charge in [0.1, 0.15) is 4.90 Å². The zero-order chi connectivity index (χ0) is 15.0. The summed E-state index contributed by atoms with van der Waals surface area (Å²) in [7, 11) is -3.59. The van der Waals surface area contributed by atoms with Crippen LogP contribution in [0.4, 0.5) is 5.82 Å². The number of piperidine rings is 1. The third-order valence-electron chi connectivity index (χ3n) is 4.51. The molecular weight excluding hydrogens is 290 g/mol. The quantitative estimate of drug-likeness (QED) is 0.839. The summed E-state index contributed by atoms with van der Waals surface area (Å²) in [6.07, 6.45) is 5.65. The summed E-state index contributed by atoms with van der Waals surface area (Å²) < 4.78 is 29.3. The third kappa shape index (κ3) is 2.93. The predicted octanol–water partition coefficient (Wildman–Crippen LogP) is 0.390. The molecule has 2 fully saturated rings. The largest absolute Gasteiger partial charge is 0.381 e. The van der Waals surface area contributed by atoms with Crippen molar-refractivity contribution in [2.75, 3.05) is 18.8 Å². The van der Waals surface area contributed by atoms with Gasteiger partial charge in [-0.2, -0.15) is 5.10 Å². The van der Waals surface area contributed by atoms with Gasteiger partial charge in [-0.3, -0.25) is 4.68 Å². The molecule has 8 heteroatoms. The molecule has 21 heavy (non-hydrogen) atoms. The molecule has 0 radical (unpaired) electrons. The molecule has 2 aliphatic heterocycles. The second-order valence-electron chi connectivity index (χ2n) is 5.91. The lowest BCUT2D eigenvalue weighted by Gasteiger charge is -2.34. The number of aryl methyl sites for hydroxylation is 1. The average molecular weight is 313 g/mol. The van der Waals surface area contributed by atoms with Gasteiger partial charge in [-0.25, -0.2) is 13.1 Å². The molecule has 0 saturated carbocycles. The van der Waals surface area contributed by atoms with Crippen molar-refractivity contribution in [1.82, 2.24) is 19.4 Å². The fraction of sp³-hybridized carbons (Fsp3) is 0.769. The molecule has 0 aliphatic carbocycles. The second kappa shape index (κ2) is 5.58. The van der Waals surface area contributed by atoms with E-state index < -0.39 is 10.0 Å². The molecule has 0 amide bonds. The maximum atomic E-state index is 12.5. The second-order valence-corrected chi connectivity index (χ2v) is 7.59. The number of fused-ring (bicyclic) bond motifs is 1. The van der Waals surface area contributed by atoms with Crippen molar-refractivity contribution < 1.29 is 8.42 Å². The van der Waals surface area contributed by atoms with Crippen LogP contribution in [-0.4, -0.2) is 48.3 Å². The number of nitrogens with one attached hydrogen (secondary N) is 1. The zero-order valence-electron chi connectivity index (χ0n) is 12.3. The zero-order valence-corrected chi connectivity index (χ0v) is 13.1. The van der Waals surface area contributed by atoms with Gasteiger partial charge in [0.25, 0.3) is 0 Å². The Bertz CT molecular complexity index is 612. The van der Waals surface area contributed by atoms with Gasteiger partial charge < -0.3 is 10.6 Å². The van der Waals surface area contributed by atoms with Crippen molar-refractivity contribution in [3.05, 3.63) is 6.20 Å². The first-order valence-electron chi connectivity index (χ1n) is 7.59. The first-order chi connectivity index (χ1) is 9.99. The van der Waals surface area contributed by atoms with E-state index >= 15 is 0 Å². The van der Waals surface area contributed by atoms with Crippen molar-refractivity contribution in [2.45, 2.75) is 56.1 Å². The molecular formula is C13H23N5O2S. The van der Waals surface area contributed by atoms with Gasteiger partial charge in [-0.05, 0) is 45.7 Å². The molecule has 3 rings (SSSR count). The Morgan fingerprint density at radius 2 is 2.24 bits per heavy atom. The van der Waals surface area contributed by atoms with E-state index in [1.807, 2.05) is 6.92 Å². The fourth-order valence-corrected chi connectivity index (χ4v) is 4.76. The molecule has 2 atom stereocenters. The smallest absolute Gasteiger partial charge is 0.246 e. The van der Waals surface area contributed by atoms with E-state index in [0.717, 1.165) is 25.9 Å². The van der Waals surface area contributed by atoms with Crippen molar-refractivity contribution >= 4 is 15.8 Å². The van der Waals surface area contributed by atoms with E-state index in [1.165, 1.54) is 19.0 Å². The van der Waals surface area contributed by atoms with Crippen molar-refractivity contribution in [2.24, 2.45) is 0 Å². The first kappa shape index (κ1) is 14.8. The minimum Gasteiger partial charge on any atom is -0.381 e. The lowest BCUT2D eigenvalue weighted by atomic mass is 9.99. The van der Waals surface area contributed by atoms with Gasteiger partial charge in [0.05, 0.1) is 0 Å². The molecule has 3 heterocycles. The number of hydrogen-bond donors (Lipinski definition) is 2. The summed E-state index contributed by atoms with van der Waals surface area (Å²) in [6, 6.07) is 0.529. The minimum atomic E-state index is -3.59. The van der Waals surface area contributed by atoms with Crippen LogP contribution in [-0.2, 0) is 16.6 Å². The SMILES string of the molecule is CCn1cc(S(=O)(=O)NC2CCN3CCCC3C2)c(N)n1. The van der Waals surface area contributed by atoms with Crippen LogP contribution >= 0.6 is 0 Å². The van der Waals surface area contributed by atoms with Crippen molar-refractivity contribution in [3.8, 4) is 0 Å². The van der Waals surface area contributed by atoms with Gasteiger partial charge in [-0.15, -0.1) is 0 Å².